The molecule has 0 amide bonds. The average Bonchev–Trinajstić information content (AvgIpc) is 2.41. The molecule has 3 heteroatoms. The Balaban J connectivity index is 2.11. The first-order valence-electron chi connectivity index (χ1n) is 5.58. The molecule has 0 aromatic carbocycles. The first kappa shape index (κ1) is 10.6. The molecule has 2 aliphatic rings. The number of fused-ring (bicyclic) bond motifs is 1. The SMILES string of the molecule is C[Si](C)OC12CNCC1C2C(C)(C)C. The molecule has 3 unspecified atom stereocenters. The predicted octanol–water partition coefficient (Wildman–Crippen LogP) is 1.89. The van der Waals surface area contributed by atoms with Crippen molar-refractivity contribution in [1.82, 2.24) is 5.32 Å². The van der Waals surface area contributed by atoms with Gasteiger partial charge in [-0.15, -0.1) is 0 Å². The Bertz CT molecular complexity index is 236. The second-order valence-corrected chi connectivity index (χ2v) is 8.07. The van der Waals surface area contributed by atoms with Crippen molar-refractivity contribution in [2.75, 3.05) is 13.1 Å². The van der Waals surface area contributed by atoms with Crippen LogP contribution < -0.4 is 5.32 Å². The van der Waals surface area contributed by atoms with Gasteiger partial charge in [-0.05, 0) is 24.4 Å². The highest BCUT2D eigenvalue weighted by Crippen LogP contribution is 2.63. The predicted molar refractivity (Wildman–Crippen MR) is 60.6 cm³/mol. The lowest BCUT2D eigenvalue weighted by atomic mass is 9.86. The fraction of sp³-hybridized carbons (Fsp3) is 1.00. The van der Waals surface area contributed by atoms with Crippen LogP contribution in [-0.2, 0) is 4.43 Å². The molecule has 1 heterocycles. The fourth-order valence-corrected chi connectivity index (χ4v) is 4.45. The Morgan fingerprint density at radius 1 is 1.36 bits per heavy atom. The summed E-state index contributed by atoms with van der Waals surface area (Å²) in [6.45, 7) is 13.8. The van der Waals surface area contributed by atoms with Gasteiger partial charge in [0.15, 0.2) is 0 Å². The minimum atomic E-state index is -0.566. The molecular formula is C11H22NOSi. The monoisotopic (exact) mass is 212 g/mol. The second kappa shape index (κ2) is 3.06. The Morgan fingerprint density at radius 2 is 2.00 bits per heavy atom. The molecular weight excluding hydrogens is 190 g/mol. The van der Waals surface area contributed by atoms with Gasteiger partial charge in [-0.25, -0.2) is 0 Å². The van der Waals surface area contributed by atoms with Gasteiger partial charge < -0.3 is 9.74 Å². The van der Waals surface area contributed by atoms with Crippen molar-refractivity contribution in [1.29, 1.82) is 0 Å². The van der Waals surface area contributed by atoms with Crippen molar-refractivity contribution in [2.45, 2.75) is 39.5 Å². The molecule has 1 aliphatic heterocycles. The summed E-state index contributed by atoms with van der Waals surface area (Å²) >= 11 is 0. The molecule has 2 nitrogen and oxygen atoms in total. The minimum Gasteiger partial charge on any atom is -0.410 e. The topological polar surface area (TPSA) is 21.3 Å². The van der Waals surface area contributed by atoms with Crippen LogP contribution >= 0.6 is 0 Å². The summed E-state index contributed by atoms with van der Waals surface area (Å²) in [6, 6.07) is 0. The first-order valence-corrected chi connectivity index (χ1v) is 7.98. The van der Waals surface area contributed by atoms with E-state index in [1.165, 1.54) is 0 Å². The van der Waals surface area contributed by atoms with Crippen molar-refractivity contribution in [2.24, 2.45) is 17.3 Å². The minimum absolute atomic E-state index is 0.218. The van der Waals surface area contributed by atoms with Crippen molar-refractivity contribution in [3.63, 3.8) is 0 Å². The maximum Gasteiger partial charge on any atom is 0.205 e. The molecule has 2 fully saturated rings. The molecule has 81 valence electrons. The van der Waals surface area contributed by atoms with E-state index in [9.17, 15) is 0 Å². The van der Waals surface area contributed by atoms with Crippen molar-refractivity contribution >= 4 is 9.04 Å². The lowest BCUT2D eigenvalue weighted by Gasteiger charge is -2.26. The van der Waals surface area contributed by atoms with Crippen LogP contribution in [0, 0.1) is 17.3 Å². The third-order valence-corrected chi connectivity index (χ3v) is 4.33. The number of rotatable bonds is 2. The largest absolute Gasteiger partial charge is 0.410 e. The van der Waals surface area contributed by atoms with Crippen LogP contribution in [0.15, 0.2) is 0 Å². The highest BCUT2D eigenvalue weighted by Gasteiger charge is 2.71. The average molecular weight is 212 g/mol. The molecule has 0 aromatic rings. The summed E-state index contributed by atoms with van der Waals surface area (Å²) in [5, 5.41) is 3.46. The van der Waals surface area contributed by atoms with E-state index in [0.717, 1.165) is 24.9 Å². The molecule has 1 aliphatic carbocycles. The summed E-state index contributed by atoms with van der Waals surface area (Å²) < 4.78 is 6.25. The molecule has 1 N–H and O–H groups in total. The molecule has 14 heavy (non-hydrogen) atoms. The van der Waals surface area contributed by atoms with Crippen LogP contribution in [0.3, 0.4) is 0 Å². The van der Waals surface area contributed by atoms with Crippen molar-refractivity contribution in [3.05, 3.63) is 0 Å². The van der Waals surface area contributed by atoms with Gasteiger partial charge in [0.05, 0.1) is 5.60 Å². The van der Waals surface area contributed by atoms with Crippen LogP contribution in [0.1, 0.15) is 20.8 Å². The zero-order valence-electron chi connectivity index (χ0n) is 9.98. The van der Waals surface area contributed by atoms with Crippen LogP contribution in [0.2, 0.25) is 13.1 Å². The molecule has 1 saturated heterocycles. The second-order valence-electron chi connectivity index (χ2n) is 6.05. The van der Waals surface area contributed by atoms with Crippen molar-refractivity contribution < 1.29 is 4.43 Å². The summed E-state index contributed by atoms with van der Waals surface area (Å²) in [5.74, 6) is 1.55. The normalized spacial score (nSPS) is 41.6. The van der Waals surface area contributed by atoms with E-state index in [-0.39, 0.29) is 5.60 Å². The van der Waals surface area contributed by atoms with Crippen LogP contribution in [0.4, 0.5) is 0 Å². The highest BCUT2D eigenvalue weighted by molar-refractivity contribution is 6.48. The summed E-state index contributed by atoms with van der Waals surface area (Å²) in [5.41, 5.74) is 0.625. The van der Waals surface area contributed by atoms with E-state index in [0.29, 0.717) is 5.41 Å². The molecule has 2 rings (SSSR count). The van der Waals surface area contributed by atoms with E-state index < -0.39 is 9.04 Å². The smallest absolute Gasteiger partial charge is 0.205 e. The Morgan fingerprint density at radius 3 is 2.43 bits per heavy atom. The van der Waals surface area contributed by atoms with E-state index in [1.807, 2.05) is 0 Å². The summed E-state index contributed by atoms with van der Waals surface area (Å²) in [6.07, 6.45) is 0. The van der Waals surface area contributed by atoms with Gasteiger partial charge in [0.2, 0.25) is 9.04 Å². The lowest BCUT2D eigenvalue weighted by molar-refractivity contribution is 0.133. The maximum atomic E-state index is 6.25. The number of hydrogen-bond acceptors (Lipinski definition) is 2. The van der Waals surface area contributed by atoms with E-state index in [2.05, 4.69) is 39.2 Å². The molecule has 3 atom stereocenters. The van der Waals surface area contributed by atoms with E-state index in [4.69, 9.17) is 4.43 Å². The summed E-state index contributed by atoms with van der Waals surface area (Å²) in [4.78, 5) is 0. The van der Waals surface area contributed by atoms with Gasteiger partial charge in [0.1, 0.15) is 0 Å². The van der Waals surface area contributed by atoms with Gasteiger partial charge in [0.25, 0.3) is 0 Å². The van der Waals surface area contributed by atoms with E-state index in [1.54, 1.807) is 0 Å². The Labute approximate surface area is 89.1 Å². The molecule has 0 bridgehead atoms. The van der Waals surface area contributed by atoms with Gasteiger partial charge in [0, 0.05) is 19.0 Å². The third kappa shape index (κ3) is 1.46. The standard InChI is InChI=1S/C11H22NOSi/c1-10(2,3)9-8-6-12-7-11(8,9)13-14(4)5/h8-9,12H,6-7H2,1-5H3. The fourth-order valence-electron chi connectivity index (χ4n) is 3.34. The Kier molecular flexibility index (Phi) is 2.33. The lowest BCUT2D eigenvalue weighted by Crippen LogP contribution is -2.35. The zero-order valence-corrected chi connectivity index (χ0v) is 11.0. The van der Waals surface area contributed by atoms with Crippen molar-refractivity contribution in [3.8, 4) is 0 Å². The quantitative estimate of drug-likeness (QED) is 0.706. The number of piperidine rings is 1. The Hall–Kier alpha value is 0.137. The van der Waals surface area contributed by atoms with Crippen LogP contribution in [0.25, 0.3) is 0 Å². The maximum absolute atomic E-state index is 6.25. The zero-order chi connectivity index (χ0) is 10.6. The molecule has 0 spiro atoms. The molecule has 1 saturated carbocycles. The highest BCUT2D eigenvalue weighted by atomic mass is 28.3. The summed E-state index contributed by atoms with van der Waals surface area (Å²) in [7, 11) is -0.566. The third-order valence-electron chi connectivity index (χ3n) is 3.54. The molecule has 1 radical (unpaired) electrons. The van der Waals surface area contributed by atoms with Gasteiger partial charge in [-0.3, -0.25) is 0 Å². The number of hydrogen-bond donors (Lipinski definition) is 1. The molecule has 0 aromatic heterocycles. The first-order chi connectivity index (χ1) is 6.38. The van der Waals surface area contributed by atoms with E-state index >= 15 is 0 Å². The number of nitrogens with one attached hydrogen (secondary N) is 1. The van der Waals surface area contributed by atoms with Gasteiger partial charge in [-0.1, -0.05) is 20.8 Å². The van der Waals surface area contributed by atoms with Crippen LogP contribution in [0.5, 0.6) is 0 Å². The van der Waals surface area contributed by atoms with Gasteiger partial charge in [-0.2, -0.15) is 0 Å². The van der Waals surface area contributed by atoms with Gasteiger partial charge >= 0.3 is 0 Å². The van der Waals surface area contributed by atoms with Crippen LogP contribution in [-0.4, -0.2) is 27.7 Å².